The van der Waals surface area contributed by atoms with Crippen LogP contribution in [0.2, 0.25) is 0 Å². The second-order valence-corrected chi connectivity index (χ2v) is 9.18. The van der Waals surface area contributed by atoms with Crippen molar-refractivity contribution in [3.05, 3.63) is 45.2 Å². The number of rotatable bonds is 3. The molecule has 0 spiro atoms. The van der Waals surface area contributed by atoms with Crippen molar-refractivity contribution in [2.75, 3.05) is 12.9 Å². The van der Waals surface area contributed by atoms with E-state index in [0.717, 1.165) is 30.7 Å². The molecule has 1 atom stereocenters. The van der Waals surface area contributed by atoms with Gasteiger partial charge in [-0.1, -0.05) is 45.6 Å². The molecule has 0 bridgehead atoms. The number of carbonyl (C=O) groups is 1. The van der Waals surface area contributed by atoms with E-state index in [1.165, 1.54) is 31.7 Å². The number of hydrogen-bond acceptors (Lipinski definition) is 4. The fraction of sp³-hybridized carbons (Fsp3) is 0.600. The molecule has 7 heteroatoms. The second kappa shape index (κ2) is 12.0. The van der Waals surface area contributed by atoms with Gasteiger partial charge >= 0.3 is 0 Å². The van der Waals surface area contributed by atoms with Gasteiger partial charge in [0.05, 0.1) is 7.11 Å². The van der Waals surface area contributed by atoms with Gasteiger partial charge in [-0.3, -0.25) is 18.3 Å². The Morgan fingerprint density at radius 2 is 1.93 bits per heavy atom. The normalized spacial score (nSPS) is 24.0. The number of carbonyl (C=O) groups excluding carboxylic acids is 1. The lowest BCUT2D eigenvalue weighted by Gasteiger charge is -2.28. The maximum atomic E-state index is 11.6. The van der Waals surface area contributed by atoms with Gasteiger partial charge in [0.25, 0.3) is 11.5 Å². The van der Waals surface area contributed by atoms with Crippen molar-refractivity contribution in [3.63, 3.8) is 0 Å². The molecule has 1 unspecified atom stereocenters. The van der Waals surface area contributed by atoms with Crippen LogP contribution in [0.25, 0.3) is 0 Å². The number of amides is 1. The summed E-state index contributed by atoms with van der Waals surface area (Å²) in [5, 5.41) is 1.77. The maximum absolute atomic E-state index is 11.6. The summed E-state index contributed by atoms with van der Waals surface area (Å²) in [7, 11) is -0.176. The minimum atomic E-state index is -1.72. The molecule has 3 rings (SSSR count). The van der Waals surface area contributed by atoms with Gasteiger partial charge in [0.2, 0.25) is 0 Å². The topological polar surface area (TPSA) is 105 Å². The largest absolute Gasteiger partial charge is 0.365 e. The van der Waals surface area contributed by atoms with E-state index in [9.17, 15) is 14.1 Å². The number of pyridine rings is 1. The van der Waals surface area contributed by atoms with Gasteiger partial charge in [0.15, 0.2) is 0 Å². The highest BCUT2D eigenvalue weighted by molar-refractivity contribution is 8.27. The molecule has 1 amide bonds. The quantitative estimate of drug-likeness (QED) is 0.687. The van der Waals surface area contributed by atoms with E-state index in [1.807, 2.05) is 12.1 Å². The van der Waals surface area contributed by atoms with Crippen LogP contribution in [0.3, 0.4) is 0 Å². The molecule has 1 aromatic rings. The van der Waals surface area contributed by atoms with Gasteiger partial charge in [-0.05, 0) is 37.3 Å². The predicted octanol–water partition coefficient (Wildman–Crippen LogP) is 4.68. The van der Waals surface area contributed by atoms with Crippen LogP contribution < -0.4 is 11.3 Å². The number of primary amides is 1. The first kappa shape index (κ1) is 23.5. The fourth-order valence-corrected chi connectivity index (χ4v) is 4.32. The van der Waals surface area contributed by atoms with E-state index < -0.39 is 16.5 Å². The lowest BCUT2D eigenvalue weighted by atomic mass is 9.86. The average molecular weight is 399 g/mol. The Bertz CT molecular complexity index is 668. The van der Waals surface area contributed by atoms with Gasteiger partial charge in [0.1, 0.15) is 5.56 Å². The van der Waals surface area contributed by atoms with Crippen molar-refractivity contribution < 1.29 is 13.5 Å². The van der Waals surface area contributed by atoms with E-state index >= 15 is 0 Å². The van der Waals surface area contributed by atoms with E-state index in [0.29, 0.717) is 5.92 Å². The Morgan fingerprint density at radius 3 is 2.33 bits per heavy atom. The highest BCUT2D eigenvalue weighted by Crippen LogP contribution is 2.49. The van der Waals surface area contributed by atoms with Crippen LogP contribution in [0.4, 0.5) is 0 Å². The van der Waals surface area contributed by atoms with Crippen molar-refractivity contribution in [2.45, 2.75) is 64.7 Å². The number of nitrogens with two attached hydrogens (primary N) is 1. The van der Waals surface area contributed by atoms with Gasteiger partial charge in [-0.25, -0.2) is 0 Å². The molecule has 0 radical (unpaired) electrons. The Kier molecular flexibility index (Phi) is 10.4. The Labute approximate surface area is 163 Å². The first-order valence-corrected chi connectivity index (χ1v) is 11.4. The summed E-state index contributed by atoms with van der Waals surface area (Å²) in [5.74, 6) is 0.545. The van der Waals surface area contributed by atoms with E-state index in [1.54, 1.807) is 12.5 Å². The third kappa shape index (κ3) is 7.91. The van der Waals surface area contributed by atoms with Crippen LogP contribution in [0.5, 0.6) is 0 Å². The van der Waals surface area contributed by atoms with E-state index in [4.69, 9.17) is 9.92 Å². The van der Waals surface area contributed by atoms with Crippen molar-refractivity contribution in [3.8, 4) is 0 Å². The van der Waals surface area contributed by atoms with Gasteiger partial charge < -0.3 is 10.7 Å². The minimum absolute atomic E-state index is 0.0413. The Balaban J connectivity index is 0.000000277. The Morgan fingerprint density at radius 1 is 1.30 bits per heavy atom. The zero-order chi connectivity index (χ0) is 20.3. The molecule has 1 aliphatic carbocycles. The van der Waals surface area contributed by atoms with Gasteiger partial charge in [-0.2, -0.15) is 10.6 Å². The summed E-state index contributed by atoms with van der Waals surface area (Å²) in [5.41, 5.74) is 5.70. The summed E-state index contributed by atoms with van der Waals surface area (Å²) in [4.78, 5) is 25.2. The first-order valence-electron chi connectivity index (χ1n) is 9.65. The average Bonchev–Trinajstić information content (AvgIpc) is 3.10. The number of aromatic amines is 1. The summed E-state index contributed by atoms with van der Waals surface area (Å²) in [6, 6.07) is 3.35. The molecule has 2 heterocycles. The molecule has 6 nitrogen and oxygen atoms in total. The molecule has 0 aromatic carbocycles. The summed E-state index contributed by atoms with van der Waals surface area (Å²) < 4.78 is 14.1. The number of aromatic nitrogens is 1. The molecule has 1 aliphatic heterocycles. The third-order valence-electron chi connectivity index (χ3n) is 4.42. The van der Waals surface area contributed by atoms with Crippen LogP contribution in [-0.2, 0) is 4.18 Å². The molecule has 4 N–H and O–H groups in total. The second-order valence-electron chi connectivity index (χ2n) is 6.78. The summed E-state index contributed by atoms with van der Waals surface area (Å²) in [6.07, 6.45) is 10.1. The lowest BCUT2D eigenvalue weighted by molar-refractivity contribution is 0.0998. The maximum Gasteiger partial charge on any atom is 0.260 e. The van der Waals surface area contributed by atoms with Crippen LogP contribution in [0.15, 0.2) is 28.4 Å². The van der Waals surface area contributed by atoms with Crippen LogP contribution in [0, 0.1) is 0 Å². The standard InChI is InChI=1S/C12H16N2O2.C5H10O2S.C3H8/c13-11(15)9-6-7-10(14-12(9)16)8-4-2-1-3-5-8;1-7-8(6)4-2-3-5-8;1-3-2/h6-8H,1-5H2,(H2,13,15)(H,14,16);2,4,6H,3,5H2,1H3;3H2,1-2H3. The SMILES string of the molecule is CCC.COS1(O)C=CCC1.NC(=O)c1ccc(C2CCCCC2)[nH]c1=O. The Hall–Kier alpha value is -1.57. The third-order valence-corrected chi connectivity index (χ3v) is 6.43. The summed E-state index contributed by atoms with van der Waals surface area (Å²) >= 11 is 0. The highest BCUT2D eigenvalue weighted by Gasteiger charge is 2.17. The zero-order valence-electron chi connectivity index (χ0n) is 16.7. The molecule has 27 heavy (non-hydrogen) atoms. The summed E-state index contributed by atoms with van der Waals surface area (Å²) in [6.45, 7) is 4.25. The number of allylic oxidation sites excluding steroid dienone is 1. The molecule has 0 saturated heterocycles. The van der Waals surface area contributed by atoms with Crippen molar-refractivity contribution in [1.29, 1.82) is 0 Å². The molecule has 1 fully saturated rings. The van der Waals surface area contributed by atoms with Crippen LogP contribution in [0.1, 0.15) is 80.8 Å². The van der Waals surface area contributed by atoms with Crippen molar-refractivity contribution >= 4 is 16.5 Å². The van der Waals surface area contributed by atoms with Gasteiger partial charge in [-0.15, -0.1) is 0 Å². The monoisotopic (exact) mass is 398 g/mol. The molecule has 1 saturated carbocycles. The highest BCUT2D eigenvalue weighted by atomic mass is 32.3. The van der Waals surface area contributed by atoms with Crippen molar-refractivity contribution in [1.82, 2.24) is 4.98 Å². The number of hydrogen-bond donors (Lipinski definition) is 3. The minimum Gasteiger partial charge on any atom is -0.365 e. The smallest absolute Gasteiger partial charge is 0.260 e. The van der Waals surface area contributed by atoms with E-state index in [2.05, 4.69) is 18.8 Å². The number of nitrogens with one attached hydrogen (secondary N) is 1. The molecule has 2 aliphatic rings. The predicted molar refractivity (Wildman–Crippen MR) is 113 cm³/mol. The van der Waals surface area contributed by atoms with Crippen molar-refractivity contribution in [2.24, 2.45) is 5.73 Å². The molecule has 1 aromatic heterocycles. The van der Waals surface area contributed by atoms with E-state index in [-0.39, 0.29) is 11.1 Å². The molecular formula is C20H34N2O4S. The zero-order valence-corrected chi connectivity index (χ0v) is 17.5. The van der Waals surface area contributed by atoms with Crippen LogP contribution in [-0.4, -0.2) is 28.3 Å². The van der Waals surface area contributed by atoms with Crippen LogP contribution >= 0.6 is 10.6 Å². The first-order chi connectivity index (χ1) is 12.9. The lowest BCUT2D eigenvalue weighted by Crippen LogP contribution is -2.24. The fourth-order valence-electron chi connectivity index (χ4n) is 3.00. The molecular weight excluding hydrogens is 364 g/mol. The molecule has 154 valence electrons. The number of H-pyrrole nitrogens is 1. The van der Waals surface area contributed by atoms with Gasteiger partial charge in [0, 0.05) is 16.9 Å².